The van der Waals surface area contributed by atoms with Gasteiger partial charge in [-0.05, 0) is 17.7 Å². The molecule has 0 aliphatic carbocycles. The number of hydrogen-bond donors (Lipinski definition) is 4. The summed E-state index contributed by atoms with van der Waals surface area (Å²) in [6.07, 6.45) is 0.0731. The van der Waals surface area contributed by atoms with Gasteiger partial charge in [-0.3, -0.25) is 0 Å². The number of nitrogens with zero attached hydrogens (tertiary/aromatic N) is 1. The molecule has 0 amide bonds. The van der Waals surface area contributed by atoms with Crippen molar-refractivity contribution in [2.24, 2.45) is 5.73 Å². The third kappa shape index (κ3) is 1.87. The van der Waals surface area contributed by atoms with Crippen LogP contribution in [0.5, 0.6) is 17.2 Å². The van der Waals surface area contributed by atoms with Crippen LogP contribution in [-0.2, 0) is 0 Å². The fraction of sp³-hybridized carbons (Fsp3) is 0.222. The maximum absolute atomic E-state index is 9.15. The minimum absolute atomic E-state index is 0.0731. The Morgan fingerprint density at radius 2 is 1.79 bits per heavy atom. The number of phenolic OH excluding ortho intramolecular Hbond substituents is 3. The van der Waals surface area contributed by atoms with Crippen LogP contribution in [0.15, 0.2) is 12.1 Å². The summed E-state index contributed by atoms with van der Waals surface area (Å²) >= 11 is 0. The van der Waals surface area contributed by atoms with Gasteiger partial charge in [-0.25, -0.2) is 0 Å². The summed E-state index contributed by atoms with van der Waals surface area (Å²) in [6.45, 7) is 0. The lowest BCUT2D eigenvalue weighted by Gasteiger charge is -2.09. The van der Waals surface area contributed by atoms with Crippen LogP contribution in [0, 0.1) is 11.3 Å². The van der Waals surface area contributed by atoms with Crippen LogP contribution in [0.25, 0.3) is 0 Å². The van der Waals surface area contributed by atoms with Gasteiger partial charge < -0.3 is 21.1 Å². The first-order valence-electron chi connectivity index (χ1n) is 3.93. The first-order chi connectivity index (χ1) is 6.56. The fourth-order valence-corrected chi connectivity index (χ4v) is 1.06. The average molecular weight is 194 g/mol. The van der Waals surface area contributed by atoms with E-state index in [1.807, 2.05) is 6.07 Å². The van der Waals surface area contributed by atoms with Gasteiger partial charge >= 0.3 is 0 Å². The van der Waals surface area contributed by atoms with Crippen LogP contribution >= 0.6 is 0 Å². The monoisotopic (exact) mass is 194 g/mol. The number of nitriles is 1. The van der Waals surface area contributed by atoms with Crippen molar-refractivity contribution in [3.63, 3.8) is 0 Å². The molecule has 1 atom stereocenters. The minimum Gasteiger partial charge on any atom is -0.504 e. The SMILES string of the molecule is N#CC[C@@H](N)c1cc(O)c(O)c(O)c1. The summed E-state index contributed by atoms with van der Waals surface area (Å²) in [4.78, 5) is 0. The Bertz CT molecular complexity index is 361. The predicted molar refractivity (Wildman–Crippen MR) is 48.6 cm³/mol. The Balaban J connectivity index is 3.07. The highest BCUT2D eigenvalue weighted by Gasteiger charge is 2.12. The van der Waals surface area contributed by atoms with Gasteiger partial charge in [-0.2, -0.15) is 5.26 Å². The lowest BCUT2D eigenvalue weighted by molar-refractivity contribution is 0.366. The molecule has 5 nitrogen and oxygen atoms in total. The van der Waals surface area contributed by atoms with E-state index in [0.717, 1.165) is 0 Å². The number of nitrogens with two attached hydrogens (primary N) is 1. The van der Waals surface area contributed by atoms with Gasteiger partial charge in [0.1, 0.15) is 0 Å². The van der Waals surface area contributed by atoms with Gasteiger partial charge in [-0.1, -0.05) is 0 Å². The molecule has 1 rings (SSSR count). The van der Waals surface area contributed by atoms with Crippen molar-refractivity contribution in [2.45, 2.75) is 12.5 Å². The standard InChI is InChI=1S/C9H10N2O3/c10-2-1-6(11)5-3-7(12)9(14)8(13)4-5/h3-4,6,12-14H,1,11H2/t6-/m1/s1. The molecule has 0 saturated carbocycles. The van der Waals surface area contributed by atoms with E-state index in [2.05, 4.69) is 0 Å². The van der Waals surface area contributed by atoms with Gasteiger partial charge in [0.2, 0.25) is 0 Å². The van der Waals surface area contributed by atoms with Crippen molar-refractivity contribution in [1.29, 1.82) is 5.26 Å². The average Bonchev–Trinajstić information content (AvgIpc) is 2.13. The highest BCUT2D eigenvalue weighted by Crippen LogP contribution is 2.37. The molecule has 74 valence electrons. The number of phenols is 3. The Kier molecular flexibility index (Phi) is 2.79. The molecule has 5 N–H and O–H groups in total. The first kappa shape index (κ1) is 10.2. The van der Waals surface area contributed by atoms with E-state index in [9.17, 15) is 0 Å². The molecule has 0 unspecified atom stereocenters. The second-order valence-corrected chi connectivity index (χ2v) is 2.88. The Hall–Kier alpha value is -1.93. The van der Waals surface area contributed by atoms with Crippen molar-refractivity contribution in [3.05, 3.63) is 17.7 Å². The lowest BCUT2D eigenvalue weighted by atomic mass is 10.0. The van der Waals surface area contributed by atoms with Crippen LogP contribution in [0.2, 0.25) is 0 Å². The van der Waals surface area contributed by atoms with Gasteiger partial charge in [0.25, 0.3) is 0 Å². The molecule has 14 heavy (non-hydrogen) atoms. The lowest BCUT2D eigenvalue weighted by Crippen LogP contribution is -2.08. The third-order valence-electron chi connectivity index (χ3n) is 1.83. The molecular formula is C9H10N2O3. The van der Waals surface area contributed by atoms with Gasteiger partial charge in [0, 0.05) is 6.04 Å². The fourth-order valence-electron chi connectivity index (χ4n) is 1.06. The topological polar surface area (TPSA) is 111 Å². The van der Waals surface area contributed by atoms with Crippen LogP contribution < -0.4 is 5.73 Å². The van der Waals surface area contributed by atoms with Crippen LogP contribution in [0.1, 0.15) is 18.0 Å². The molecule has 0 aliphatic heterocycles. The Morgan fingerprint density at radius 3 is 2.21 bits per heavy atom. The highest BCUT2D eigenvalue weighted by atomic mass is 16.3. The summed E-state index contributed by atoms with van der Waals surface area (Å²) < 4.78 is 0. The molecule has 0 aromatic heterocycles. The van der Waals surface area contributed by atoms with E-state index in [1.54, 1.807) is 0 Å². The number of aromatic hydroxyl groups is 3. The first-order valence-corrected chi connectivity index (χ1v) is 3.93. The van der Waals surface area contributed by atoms with Crippen molar-refractivity contribution in [2.75, 3.05) is 0 Å². The molecule has 1 aromatic carbocycles. The molecule has 0 fully saturated rings. The maximum Gasteiger partial charge on any atom is 0.200 e. The quantitative estimate of drug-likeness (QED) is 0.518. The summed E-state index contributed by atoms with van der Waals surface area (Å²) in [5, 5.41) is 35.7. The largest absolute Gasteiger partial charge is 0.504 e. The summed E-state index contributed by atoms with van der Waals surface area (Å²) in [5.74, 6) is -1.49. The molecule has 0 spiro atoms. The number of benzene rings is 1. The second kappa shape index (κ2) is 3.85. The molecular weight excluding hydrogens is 184 g/mol. The van der Waals surface area contributed by atoms with Gasteiger partial charge in [0.05, 0.1) is 12.5 Å². The zero-order chi connectivity index (χ0) is 10.7. The van der Waals surface area contributed by atoms with E-state index in [1.165, 1.54) is 12.1 Å². The molecule has 5 heteroatoms. The molecule has 0 heterocycles. The van der Waals surface area contributed by atoms with Crippen molar-refractivity contribution in [1.82, 2.24) is 0 Å². The van der Waals surface area contributed by atoms with E-state index in [-0.39, 0.29) is 6.42 Å². The van der Waals surface area contributed by atoms with E-state index in [0.29, 0.717) is 5.56 Å². The number of rotatable bonds is 2. The Labute approximate surface area is 80.6 Å². The summed E-state index contributed by atoms with van der Waals surface area (Å²) in [6, 6.07) is 3.72. The van der Waals surface area contributed by atoms with E-state index < -0.39 is 23.3 Å². The van der Waals surface area contributed by atoms with Crippen LogP contribution in [-0.4, -0.2) is 15.3 Å². The second-order valence-electron chi connectivity index (χ2n) is 2.88. The number of hydrogen-bond acceptors (Lipinski definition) is 5. The minimum atomic E-state index is -0.586. The normalized spacial score (nSPS) is 12.0. The molecule has 0 bridgehead atoms. The maximum atomic E-state index is 9.15. The van der Waals surface area contributed by atoms with Crippen molar-refractivity contribution < 1.29 is 15.3 Å². The van der Waals surface area contributed by atoms with Crippen molar-refractivity contribution >= 4 is 0 Å². The van der Waals surface area contributed by atoms with E-state index in [4.69, 9.17) is 26.3 Å². The zero-order valence-electron chi connectivity index (χ0n) is 7.31. The summed E-state index contributed by atoms with van der Waals surface area (Å²) in [5.41, 5.74) is 5.97. The van der Waals surface area contributed by atoms with Crippen molar-refractivity contribution in [3.8, 4) is 23.3 Å². The van der Waals surface area contributed by atoms with Crippen LogP contribution in [0.3, 0.4) is 0 Å². The third-order valence-corrected chi connectivity index (χ3v) is 1.83. The van der Waals surface area contributed by atoms with E-state index >= 15 is 0 Å². The molecule has 1 aromatic rings. The molecule has 0 saturated heterocycles. The molecule has 0 radical (unpaired) electrons. The highest BCUT2D eigenvalue weighted by molar-refractivity contribution is 5.51. The predicted octanol–water partition coefficient (Wildman–Crippen LogP) is 0.717. The van der Waals surface area contributed by atoms with Gasteiger partial charge in [-0.15, -0.1) is 0 Å². The zero-order valence-corrected chi connectivity index (χ0v) is 7.31. The van der Waals surface area contributed by atoms with Gasteiger partial charge in [0.15, 0.2) is 17.2 Å². The van der Waals surface area contributed by atoms with Crippen LogP contribution in [0.4, 0.5) is 0 Å². The smallest absolute Gasteiger partial charge is 0.200 e. The Morgan fingerprint density at radius 1 is 1.29 bits per heavy atom. The summed E-state index contributed by atoms with van der Waals surface area (Å²) in [7, 11) is 0. The molecule has 0 aliphatic rings.